The fraction of sp³-hybridized carbons (Fsp3) is 0.200. The van der Waals surface area contributed by atoms with Crippen LogP contribution in [-0.4, -0.2) is 22.1 Å². The summed E-state index contributed by atoms with van der Waals surface area (Å²) in [4.78, 5) is 19.1. The van der Waals surface area contributed by atoms with E-state index in [1.165, 1.54) is 5.56 Å². The number of carbonyl (C=O) groups excluding carboxylic acids is 1. The second-order valence-corrected chi connectivity index (χ2v) is 6.14. The van der Waals surface area contributed by atoms with Crippen molar-refractivity contribution in [3.05, 3.63) is 77.9 Å². The van der Waals surface area contributed by atoms with Gasteiger partial charge in [-0.3, -0.25) is 9.47 Å². The Labute approximate surface area is 146 Å². The molecule has 0 fully saturated rings. The number of aromatic nitrogens is 2. The number of para-hydroxylation sites is 1. The average molecular weight is 333 g/mol. The van der Waals surface area contributed by atoms with E-state index in [1.807, 2.05) is 61.5 Å². The van der Waals surface area contributed by atoms with E-state index in [1.54, 1.807) is 15.7 Å². The van der Waals surface area contributed by atoms with Crippen molar-refractivity contribution in [1.82, 2.24) is 9.55 Å². The number of benzene rings is 2. The highest BCUT2D eigenvalue weighted by Gasteiger charge is 2.26. The minimum absolute atomic E-state index is 0.0661. The number of carbonyl (C=O) groups is 1. The summed E-state index contributed by atoms with van der Waals surface area (Å²) in [5.41, 5.74) is 2.85. The third kappa shape index (κ3) is 3.13. The van der Waals surface area contributed by atoms with E-state index < -0.39 is 0 Å². The van der Waals surface area contributed by atoms with E-state index in [-0.39, 0.29) is 6.03 Å². The van der Waals surface area contributed by atoms with Gasteiger partial charge in [-0.2, -0.15) is 0 Å². The predicted octanol–water partition coefficient (Wildman–Crippen LogP) is 3.80. The first kappa shape index (κ1) is 15.4. The summed E-state index contributed by atoms with van der Waals surface area (Å²) in [6.07, 6.45) is 2.51. The Kier molecular flexibility index (Phi) is 3.98. The van der Waals surface area contributed by atoms with Gasteiger partial charge in [-0.25, -0.2) is 9.78 Å². The molecule has 0 radical (unpaired) electrons. The Balaban J connectivity index is 1.51. The maximum Gasteiger partial charge on any atom is 0.334 e. The van der Waals surface area contributed by atoms with E-state index in [0.717, 1.165) is 29.4 Å². The zero-order chi connectivity index (χ0) is 17.2. The van der Waals surface area contributed by atoms with Crippen molar-refractivity contribution in [3.8, 4) is 5.75 Å². The van der Waals surface area contributed by atoms with Crippen LogP contribution in [0.2, 0.25) is 0 Å². The van der Waals surface area contributed by atoms with Gasteiger partial charge < -0.3 is 4.74 Å². The third-order valence-corrected chi connectivity index (χ3v) is 4.30. The lowest BCUT2D eigenvalue weighted by molar-refractivity contribution is 0.245. The Morgan fingerprint density at radius 2 is 1.84 bits per heavy atom. The molecule has 25 heavy (non-hydrogen) atoms. The number of amides is 1. The van der Waals surface area contributed by atoms with Gasteiger partial charge in [-0.1, -0.05) is 35.9 Å². The van der Waals surface area contributed by atoms with Crippen molar-refractivity contribution in [2.45, 2.75) is 20.0 Å². The van der Waals surface area contributed by atoms with Crippen molar-refractivity contribution in [1.29, 1.82) is 0 Å². The number of nitrogens with zero attached hydrogens (tertiary/aromatic N) is 3. The standard InChI is InChI=1S/C20H19N3O2/c1-15-7-9-17(10-8-15)22-12-11-19-21-16(13-23(19)20(22)24)14-25-18-5-3-2-4-6-18/h2-10,13H,11-12,14H2,1H3. The van der Waals surface area contributed by atoms with Crippen LogP contribution in [0.1, 0.15) is 17.1 Å². The van der Waals surface area contributed by atoms with Crippen molar-refractivity contribution < 1.29 is 9.53 Å². The van der Waals surface area contributed by atoms with E-state index >= 15 is 0 Å². The molecular formula is C20H19N3O2. The molecule has 4 rings (SSSR count). The minimum Gasteiger partial charge on any atom is -0.487 e. The molecule has 1 amide bonds. The van der Waals surface area contributed by atoms with E-state index in [0.29, 0.717) is 13.2 Å². The van der Waals surface area contributed by atoms with Gasteiger partial charge in [-0.05, 0) is 31.2 Å². The molecule has 1 aromatic heterocycles. The number of fused-ring (bicyclic) bond motifs is 1. The summed E-state index contributed by atoms with van der Waals surface area (Å²) in [5.74, 6) is 1.58. The van der Waals surface area contributed by atoms with Crippen LogP contribution in [0.4, 0.5) is 10.5 Å². The lowest BCUT2D eigenvalue weighted by Gasteiger charge is -2.27. The molecule has 126 valence electrons. The molecule has 0 saturated carbocycles. The third-order valence-electron chi connectivity index (χ3n) is 4.30. The summed E-state index contributed by atoms with van der Waals surface area (Å²) in [6, 6.07) is 17.5. The van der Waals surface area contributed by atoms with Gasteiger partial charge in [0.1, 0.15) is 18.2 Å². The monoisotopic (exact) mass is 333 g/mol. The van der Waals surface area contributed by atoms with Gasteiger partial charge in [0.15, 0.2) is 0 Å². The van der Waals surface area contributed by atoms with Crippen molar-refractivity contribution in [3.63, 3.8) is 0 Å². The highest BCUT2D eigenvalue weighted by Crippen LogP contribution is 2.22. The van der Waals surface area contributed by atoms with Crippen molar-refractivity contribution in [2.24, 2.45) is 0 Å². The number of rotatable bonds is 4. The molecule has 0 saturated heterocycles. The molecular weight excluding hydrogens is 314 g/mol. The topological polar surface area (TPSA) is 47.4 Å². The molecule has 0 unspecified atom stereocenters. The first-order valence-corrected chi connectivity index (χ1v) is 8.34. The fourth-order valence-corrected chi connectivity index (χ4v) is 2.96. The van der Waals surface area contributed by atoms with Crippen LogP contribution in [0.15, 0.2) is 60.8 Å². The number of ether oxygens (including phenoxy) is 1. The zero-order valence-corrected chi connectivity index (χ0v) is 14.1. The van der Waals surface area contributed by atoms with Crippen LogP contribution in [0, 0.1) is 6.92 Å². The maximum atomic E-state index is 12.8. The number of imidazole rings is 1. The average Bonchev–Trinajstić information content (AvgIpc) is 3.06. The predicted molar refractivity (Wildman–Crippen MR) is 96.0 cm³/mol. The number of hydrogen-bond donors (Lipinski definition) is 0. The summed E-state index contributed by atoms with van der Waals surface area (Å²) in [6.45, 7) is 3.02. The largest absolute Gasteiger partial charge is 0.487 e. The molecule has 0 aliphatic carbocycles. The fourth-order valence-electron chi connectivity index (χ4n) is 2.96. The molecule has 5 heteroatoms. The van der Waals surface area contributed by atoms with Gasteiger partial charge in [-0.15, -0.1) is 0 Å². The molecule has 3 aromatic rings. The van der Waals surface area contributed by atoms with Crippen LogP contribution in [0.3, 0.4) is 0 Å². The quantitative estimate of drug-likeness (QED) is 0.729. The van der Waals surface area contributed by atoms with Crippen LogP contribution in [-0.2, 0) is 13.0 Å². The Morgan fingerprint density at radius 1 is 1.08 bits per heavy atom. The lowest BCUT2D eigenvalue weighted by atomic mass is 10.2. The molecule has 0 bridgehead atoms. The van der Waals surface area contributed by atoms with Gasteiger partial charge in [0.25, 0.3) is 0 Å². The Bertz CT molecular complexity index is 885. The molecule has 5 nitrogen and oxygen atoms in total. The molecule has 1 aliphatic rings. The number of anilines is 1. The summed E-state index contributed by atoms with van der Waals surface area (Å²) < 4.78 is 7.36. The van der Waals surface area contributed by atoms with Gasteiger partial charge in [0.05, 0.1) is 5.69 Å². The smallest absolute Gasteiger partial charge is 0.334 e. The summed E-state index contributed by atoms with van der Waals surface area (Å²) in [5, 5.41) is 0. The molecule has 2 aromatic carbocycles. The molecule has 0 atom stereocenters. The van der Waals surface area contributed by atoms with E-state index in [2.05, 4.69) is 4.98 Å². The van der Waals surface area contributed by atoms with Crippen molar-refractivity contribution >= 4 is 11.7 Å². The van der Waals surface area contributed by atoms with Gasteiger partial charge in [0, 0.05) is 24.8 Å². The van der Waals surface area contributed by atoms with E-state index in [9.17, 15) is 4.79 Å². The zero-order valence-electron chi connectivity index (χ0n) is 14.1. The molecule has 0 N–H and O–H groups in total. The first-order valence-electron chi connectivity index (χ1n) is 8.34. The molecule has 0 spiro atoms. The van der Waals surface area contributed by atoms with Crippen LogP contribution < -0.4 is 9.64 Å². The lowest BCUT2D eigenvalue weighted by Crippen LogP contribution is -2.41. The van der Waals surface area contributed by atoms with Crippen LogP contribution in [0.5, 0.6) is 5.75 Å². The van der Waals surface area contributed by atoms with E-state index in [4.69, 9.17) is 4.74 Å². The Hall–Kier alpha value is -3.08. The minimum atomic E-state index is -0.0661. The summed E-state index contributed by atoms with van der Waals surface area (Å²) >= 11 is 0. The maximum absolute atomic E-state index is 12.8. The Morgan fingerprint density at radius 3 is 2.60 bits per heavy atom. The highest BCUT2D eigenvalue weighted by molar-refractivity contribution is 5.94. The van der Waals surface area contributed by atoms with Gasteiger partial charge in [0.2, 0.25) is 0 Å². The van der Waals surface area contributed by atoms with Crippen molar-refractivity contribution in [2.75, 3.05) is 11.4 Å². The molecule has 2 heterocycles. The number of hydrogen-bond acceptors (Lipinski definition) is 3. The van der Waals surface area contributed by atoms with Gasteiger partial charge >= 0.3 is 6.03 Å². The SMILES string of the molecule is Cc1ccc(N2CCc3nc(COc4ccccc4)cn3C2=O)cc1. The normalized spacial score (nSPS) is 13.6. The van der Waals surface area contributed by atoms with Crippen LogP contribution in [0.25, 0.3) is 0 Å². The second-order valence-electron chi connectivity index (χ2n) is 6.14. The second kappa shape index (κ2) is 6.43. The number of aryl methyl sites for hydroxylation is 1. The van der Waals surface area contributed by atoms with Crippen LogP contribution >= 0.6 is 0 Å². The first-order chi connectivity index (χ1) is 12.2. The summed E-state index contributed by atoms with van der Waals surface area (Å²) in [7, 11) is 0. The molecule has 1 aliphatic heterocycles. The highest BCUT2D eigenvalue weighted by atomic mass is 16.5.